The summed E-state index contributed by atoms with van der Waals surface area (Å²) in [4.78, 5) is 25.1. The van der Waals surface area contributed by atoms with E-state index in [1.807, 2.05) is 12.1 Å². The average Bonchev–Trinajstić information content (AvgIpc) is 2.51. The fourth-order valence-electron chi connectivity index (χ4n) is 2.58. The Morgan fingerprint density at radius 1 is 1.07 bits per heavy atom. The molecule has 1 N–H and O–H groups in total. The molecule has 0 aromatic heterocycles. The minimum absolute atomic E-state index is 0.00879. The smallest absolute Gasteiger partial charge is 0.352 e. The number of nitrogens with zero attached hydrogens (tertiary/aromatic N) is 1. The van der Waals surface area contributed by atoms with Crippen LogP contribution in [0.1, 0.15) is 57.0 Å². The minimum Gasteiger partial charge on any atom is -0.352 e. The van der Waals surface area contributed by atoms with Gasteiger partial charge in [-0.25, -0.2) is 0 Å². The van der Waals surface area contributed by atoms with E-state index in [0.717, 1.165) is 10.5 Å². The highest BCUT2D eigenvalue weighted by molar-refractivity contribution is 5.94. The third kappa shape index (κ3) is 8.45. The average molecular weight is 386 g/mol. The molecule has 0 aliphatic heterocycles. The Morgan fingerprint density at radius 2 is 1.63 bits per heavy atom. The van der Waals surface area contributed by atoms with Crippen LogP contribution in [-0.2, 0) is 10.2 Å². The lowest BCUT2D eigenvalue weighted by Crippen LogP contribution is -2.42. The van der Waals surface area contributed by atoms with E-state index in [1.165, 1.54) is 0 Å². The molecular formula is C20H29F3N2O2. The van der Waals surface area contributed by atoms with Crippen molar-refractivity contribution in [1.29, 1.82) is 0 Å². The first kappa shape index (κ1) is 23.0. The van der Waals surface area contributed by atoms with Crippen molar-refractivity contribution in [3.8, 4) is 0 Å². The van der Waals surface area contributed by atoms with Crippen LogP contribution in [0.4, 0.5) is 13.2 Å². The van der Waals surface area contributed by atoms with Crippen molar-refractivity contribution in [3.63, 3.8) is 0 Å². The molecular weight excluding hydrogens is 357 g/mol. The maximum absolute atomic E-state index is 12.6. The summed E-state index contributed by atoms with van der Waals surface area (Å²) in [5, 5.41) is 2.59. The quantitative estimate of drug-likeness (QED) is 0.765. The van der Waals surface area contributed by atoms with Crippen LogP contribution in [0.25, 0.3) is 0 Å². The van der Waals surface area contributed by atoms with Crippen molar-refractivity contribution in [2.24, 2.45) is 5.92 Å². The van der Waals surface area contributed by atoms with Gasteiger partial charge in [-0.05, 0) is 29.0 Å². The summed E-state index contributed by atoms with van der Waals surface area (Å²) in [6, 6.07) is 7.14. The molecule has 1 rings (SSSR count). The van der Waals surface area contributed by atoms with E-state index in [9.17, 15) is 22.8 Å². The van der Waals surface area contributed by atoms with E-state index >= 15 is 0 Å². The fraction of sp³-hybridized carbons (Fsp3) is 0.600. The number of carbonyl (C=O) groups is 2. The molecule has 4 nitrogen and oxygen atoms in total. The van der Waals surface area contributed by atoms with Crippen molar-refractivity contribution in [1.82, 2.24) is 10.2 Å². The summed E-state index contributed by atoms with van der Waals surface area (Å²) in [7, 11) is 0. The molecule has 0 heterocycles. The number of alkyl halides is 3. The molecule has 1 aromatic rings. The monoisotopic (exact) mass is 386 g/mol. The molecule has 0 saturated carbocycles. The van der Waals surface area contributed by atoms with Gasteiger partial charge < -0.3 is 10.2 Å². The van der Waals surface area contributed by atoms with Crippen LogP contribution in [-0.4, -0.2) is 42.5 Å². The summed E-state index contributed by atoms with van der Waals surface area (Å²) in [6.45, 7) is 8.45. The van der Waals surface area contributed by atoms with Crippen LogP contribution >= 0.6 is 0 Å². The summed E-state index contributed by atoms with van der Waals surface area (Å²) < 4.78 is 37.9. The van der Waals surface area contributed by atoms with Crippen molar-refractivity contribution in [2.75, 3.05) is 19.6 Å². The largest absolute Gasteiger partial charge is 0.406 e. The Kier molecular flexibility index (Phi) is 7.87. The first-order chi connectivity index (χ1) is 12.3. The van der Waals surface area contributed by atoms with Gasteiger partial charge in [0, 0.05) is 25.1 Å². The van der Waals surface area contributed by atoms with E-state index in [4.69, 9.17) is 0 Å². The van der Waals surface area contributed by atoms with Crippen molar-refractivity contribution in [2.45, 2.75) is 52.6 Å². The highest BCUT2D eigenvalue weighted by atomic mass is 19.4. The summed E-state index contributed by atoms with van der Waals surface area (Å²) in [6.07, 6.45) is -4.61. The van der Waals surface area contributed by atoms with Gasteiger partial charge >= 0.3 is 6.18 Å². The van der Waals surface area contributed by atoms with E-state index < -0.39 is 18.6 Å². The predicted molar refractivity (Wildman–Crippen MR) is 99.6 cm³/mol. The van der Waals surface area contributed by atoms with Crippen LogP contribution in [0.2, 0.25) is 0 Å². The topological polar surface area (TPSA) is 49.4 Å². The van der Waals surface area contributed by atoms with Gasteiger partial charge in [0.2, 0.25) is 5.91 Å². The number of rotatable bonds is 7. The van der Waals surface area contributed by atoms with Gasteiger partial charge in [-0.1, -0.05) is 46.8 Å². The normalized spacial score (nSPS) is 12.2. The van der Waals surface area contributed by atoms with Crippen LogP contribution in [0, 0.1) is 5.92 Å². The standard InChI is InChI=1S/C20H29F3N2O2/c1-14(2)12-25(13-20(21,22)23)17(26)10-11-24-18(27)15-6-8-16(9-7-15)19(3,4)5/h6-9,14H,10-13H2,1-5H3,(H,24,27). The maximum Gasteiger partial charge on any atom is 0.406 e. The van der Waals surface area contributed by atoms with Crippen molar-refractivity contribution in [3.05, 3.63) is 35.4 Å². The summed E-state index contributed by atoms with van der Waals surface area (Å²) >= 11 is 0. The number of benzene rings is 1. The Labute approximate surface area is 159 Å². The molecule has 7 heteroatoms. The molecule has 0 aliphatic rings. The molecule has 1 aromatic carbocycles. The van der Waals surface area contributed by atoms with E-state index in [1.54, 1.807) is 26.0 Å². The molecule has 0 unspecified atom stereocenters. The second-order valence-corrected chi connectivity index (χ2v) is 8.12. The molecule has 152 valence electrons. The van der Waals surface area contributed by atoms with Gasteiger partial charge in [0.05, 0.1) is 0 Å². The van der Waals surface area contributed by atoms with E-state index in [0.29, 0.717) is 5.56 Å². The molecule has 2 amide bonds. The lowest BCUT2D eigenvalue weighted by molar-refractivity contribution is -0.162. The molecule has 0 fully saturated rings. The molecule has 0 spiro atoms. The van der Waals surface area contributed by atoms with Gasteiger partial charge in [0.1, 0.15) is 6.54 Å². The number of amides is 2. The number of carbonyl (C=O) groups excluding carboxylic acids is 2. The first-order valence-electron chi connectivity index (χ1n) is 9.03. The van der Waals surface area contributed by atoms with Gasteiger partial charge in [-0.2, -0.15) is 13.2 Å². The third-order valence-electron chi connectivity index (χ3n) is 3.95. The molecule has 0 atom stereocenters. The summed E-state index contributed by atoms with van der Waals surface area (Å²) in [5.41, 5.74) is 1.51. The van der Waals surface area contributed by atoms with Crippen LogP contribution in [0.15, 0.2) is 24.3 Å². The number of nitrogens with one attached hydrogen (secondary N) is 1. The Morgan fingerprint density at radius 3 is 2.07 bits per heavy atom. The van der Waals surface area contributed by atoms with Crippen molar-refractivity contribution < 1.29 is 22.8 Å². The predicted octanol–water partition coefficient (Wildman–Crippen LogP) is 4.15. The van der Waals surface area contributed by atoms with Gasteiger partial charge in [0.15, 0.2) is 0 Å². The Balaban J connectivity index is 2.59. The Hall–Kier alpha value is -2.05. The van der Waals surface area contributed by atoms with Crippen molar-refractivity contribution >= 4 is 11.8 Å². The SMILES string of the molecule is CC(C)CN(CC(F)(F)F)C(=O)CCNC(=O)c1ccc(C(C)(C)C)cc1. The molecule has 0 saturated heterocycles. The summed E-state index contributed by atoms with van der Waals surface area (Å²) in [5.74, 6) is -1.05. The highest BCUT2D eigenvalue weighted by Gasteiger charge is 2.33. The molecule has 27 heavy (non-hydrogen) atoms. The van der Waals surface area contributed by atoms with E-state index in [2.05, 4.69) is 26.1 Å². The van der Waals surface area contributed by atoms with Gasteiger partial charge in [-0.3, -0.25) is 9.59 Å². The maximum atomic E-state index is 12.6. The minimum atomic E-state index is -4.44. The van der Waals surface area contributed by atoms with Crippen LogP contribution < -0.4 is 5.32 Å². The lowest BCUT2D eigenvalue weighted by Gasteiger charge is -2.25. The lowest BCUT2D eigenvalue weighted by atomic mass is 9.87. The molecule has 0 bridgehead atoms. The van der Waals surface area contributed by atoms with Crippen LogP contribution in [0.3, 0.4) is 0 Å². The molecule has 0 aliphatic carbocycles. The van der Waals surface area contributed by atoms with Gasteiger partial charge in [0.25, 0.3) is 5.91 Å². The number of halogens is 3. The number of hydrogen-bond acceptors (Lipinski definition) is 2. The second-order valence-electron chi connectivity index (χ2n) is 8.12. The third-order valence-corrected chi connectivity index (χ3v) is 3.95. The van der Waals surface area contributed by atoms with Gasteiger partial charge in [-0.15, -0.1) is 0 Å². The van der Waals surface area contributed by atoms with Crippen LogP contribution in [0.5, 0.6) is 0 Å². The Bertz CT molecular complexity index is 632. The zero-order chi connectivity index (χ0) is 20.8. The van der Waals surface area contributed by atoms with E-state index in [-0.39, 0.29) is 36.8 Å². The number of hydrogen-bond donors (Lipinski definition) is 1. The highest BCUT2D eigenvalue weighted by Crippen LogP contribution is 2.22. The fourth-order valence-corrected chi connectivity index (χ4v) is 2.58. The zero-order valence-electron chi connectivity index (χ0n) is 16.6. The molecule has 0 radical (unpaired) electrons. The first-order valence-corrected chi connectivity index (χ1v) is 9.03. The second kappa shape index (κ2) is 9.24. The zero-order valence-corrected chi connectivity index (χ0v) is 16.6.